The summed E-state index contributed by atoms with van der Waals surface area (Å²) in [5, 5.41) is 5.08. The molecule has 0 amide bonds. The zero-order chi connectivity index (χ0) is 20.2. The van der Waals surface area contributed by atoms with Gasteiger partial charge in [-0.2, -0.15) is 0 Å². The van der Waals surface area contributed by atoms with E-state index in [9.17, 15) is 16.8 Å². The standard InChI is InChI=1S/C18H25N3O4S2/c1-4-14-8-10-15(11-9-14)18(21(2)3)13-20-27(24,25)17-7-5-6-16(12-17)26(19,22)23/h5-12,18,20H,4,13H2,1-3H3,(H2,19,22,23). The molecule has 3 N–H and O–H groups in total. The second-order valence-corrected chi connectivity index (χ2v) is 9.77. The molecule has 0 saturated carbocycles. The average molecular weight is 412 g/mol. The molecule has 148 valence electrons. The summed E-state index contributed by atoms with van der Waals surface area (Å²) in [5.74, 6) is 0. The number of primary sulfonamides is 1. The number of aryl methyl sites for hydroxylation is 1. The first-order chi connectivity index (χ1) is 12.5. The van der Waals surface area contributed by atoms with Gasteiger partial charge in [-0.15, -0.1) is 0 Å². The van der Waals surface area contributed by atoms with Crippen molar-refractivity contribution in [1.82, 2.24) is 9.62 Å². The SMILES string of the molecule is CCc1ccc(C(CNS(=O)(=O)c2cccc(S(N)(=O)=O)c2)N(C)C)cc1. The molecule has 2 aromatic rings. The Hall–Kier alpha value is -1.78. The Morgan fingerprint density at radius 2 is 1.59 bits per heavy atom. The van der Waals surface area contributed by atoms with Crippen molar-refractivity contribution in [1.29, 1.82) is 0 Å². The van der Waals surface area contributed by atoms with Gasteiger partial charge in [-0.1, -0.05) is 37.3 Å². The topological polar surface area (TPSA) is 110 Å². The van der Waals surface area contributed by atoms with Gasteiger partial charge >= 0.3 is 0 Å². The van der Waals surface area contributed by atoms with Gasteiger partial charge in [0.25, 0.3) is 0 Å². The molecule has 0 aromatic heterocycles. The number of nitrogens with two attached hydrogens (primary N) is 1. The first-order valence-corrected chi connectivity index (χ1v) is 11.5. The second-order valence-electron chi connectivity index (χ2n) is 6.45. The summed E-state index contributed by atoms with van der Waals surface area (Å²) < 4.78 is 50.7. The van der Waals surface area contributed by atoms with Crippen molar-refractivity contribution in [3.8, 4) is 0 Å². The molecule has 0 aliphatic heterocycles. The molecule has 0 aliphatic carbocycles. The Balaban J connectivity index is 2.23. The van der Waals surface area contributed by atoms with E-state index in [2.05, 4.69) is 11.6 Å². The highest BCUT2D eigenvalue weighted by atomic mass is 32.2. The van der Waals surface area contributed by atoms with Gasteiger partial charge in [-0.05, 0) is 49.8 Å². The van der Waals surface area contributed by atoms with Crippen LogP contribution in [0.5, 0.6) is 0 Å². The fourth-order valence-electron chi connectivity index (χ4n) is 2.66. The molecule has 1 atom stereocenters. The highest BCUT2D eigenvalue weighted by Crippen LogP contribution is 2.20. The predicted octanol–water partition coefficient (Wildman–Crippen LogP) is 1.48. The lowest BCUT2D eigenvalue weighted by Crippen LogP contribution is -2.34. The monoisotopic (exact) mass is 411 g/mol. The molecule has 0 fully saturated rings. The lowest BCUT2D eigenvalue weighted by Gasteiger charge is -2.25. The van der Waals surface area contributed by atoms with E-state index in [0.29, 0.717) is 0 Å². The fraction of sp³-hybridized carbons (Fsp3) is 0.333. The van der Waals surface area contributed by atoms with E-state index in [-0.39, 0.29) is 22.4 Å². The molecule has 0 aliphatic rings. The van der Waals surface area contributed by atoms with E-state index >= 15 is 0 Å². The van der Waals surface area contributed by atoms with E-state index in [0.717, 1.165) is 18.1 Å². The van der Waals surface area contributed by atoms with Gasteiger partial charge in [0, 0.05) is 12.6 Å². The van der Waals surface area contributed by atoms with Crippen LogP contribution >= 0.6 is 0 Å². The van der Waals surface area contributed by atoms with E-state index in [1.165, 1.54) is 23.8 Å². The third-order valence-corrected chi connectivity index (χ3v) is 6.64. The Kier molecular flexibility index (Phi) is 6.77. The van der Waals surface area contributed by atoms with Crippen LogP contribution in [-0.4, -0.2) is 42.4 Å². The zero-order valence-corrected chi connectivity index (χ0v) is 17.2. The van der Waals surface area contributed by atoms with Gasteiger partial charge < -0.3 is 4.90 Å². The number of nitrogens with zero attached hydrogens (tertiary/aromatic N) is 1. The average Bonchev–Trinajstić information content (AvgIpc) is 2.61. The lowest BCUT2D eigenvalue weighted by atomic mass is 10.0. The van der Waals surface area contributed by atoms with Gasteiger partial charge in [0.05, 0.1) is 9.79 Å². The summed E-state index contributed by atoms with van der Waals surface area (Å²) in [6, 6.07) is 12.8. The number of nitrogens with one attached hydrogen (secondary N) is 1. The van der Waals surface area contributed by atoms with Gasteiger partial charge in [0.15, 0.2) is 0 Å². The molecule has 0 radical (unpaired) electrons. The molecule has 1 unspecified atom stereocenters. The van der Waals surface area contributed by atoms with E-state index in [4.69, 9.17) is 5.14 Å². The van der Waals surface area contributed by atoms with Crippen molar-refractivity contribution in [3.05, 3.63) is 59.7 Å². The number of rotatable bonds is 8. The van der Waals surface area contributed by atoms with E-state index in [1.807, 2.05) is 43.3 Å². The predicted molar refractivity (Wildman–Crippen MR) is 105 cm³/mol. The van der Waals surface area contributed by atoms with Crippen molar-refractivity contribution in [3.63, 3.8) is 0 Å². The first kappa shape index (κ1) is 21.5. The molecule has 0 spiro atoms. The maximum Gasteiger partial charge on any atom is 0.240 e. The molecule has 0 heterocycles. The minimum Gasteiger partial charge on any atom is -0.301 e. The quantitative estimate of drug-likeness (QED) is 0.684. The lowest BCUT2D eigenvalue weighted by molar-refractivity contribution is 0.299. The maximum absolute atomic E-state index is 12.6. The number of benzene rings is 2. The number of sulfonamides is 2. The van der Waals surface area contributed by atoms with Crippen LogP contribution < -0.4 is 9.86 Å². The van der Waals surface area contributed by atoms with Crippen molar-refractivity contribution < 1.29 is 16.8 Å². The van der Waals surface area contributed by atoms with Crippen molar-refractivity contribution in [2.24, 2.45) is 5.14 Å². The van der Waals surface area contributed by atoms with Crippen LogP contribution in [0.2, 0.25) is 0 Å². The van der Waals surface area contributed by atoms with Gasteiger partial charge in [-0.25, -0.2) is 26.7 Å². The summed E-state index contributed by atoms with van der Waals surface area (Å²) in [4.78, 5) is 1.53. The smallest absolute Gasteiger partial charge is 0.240 e. The van der Waals surface area contributed by atoms with Crippen LogP contribution in [-0.2, 0) is 26.5 Å². The minimum atomic E-state index is -3.98. The van der Waals surface area contributed by atoms with Crippen LogP contribution in [0, 0.1) is 0 Å². The van der Waals surface area contributed by atoms with Gasteiger partial charge in [-0.3, -0.25) is 0 Å². The van der Waals surface area contributed by atoms with Crippen LogP contribution in [0.3, 0.4) is 0 Å². The molecule has 0 saturated heterocycles. The van der Waals surface area contributed by atoms with Gasteiger partial charge in [0.2, 0.25) is 20.0 Å². The van der Waals surface area contributed by atoms with Crippen LogP contribution in [0.4, 0.5) is 0 Å². The third-order valence-electron chi connectivity index (χ3n) is 4.31. The van der Waals surface area contributed by atoms with Gasteiger partial charge in [0.1, 0.15) is 0 Å². The molecular weight excluding hydrogens is 386 g/mol. The number of hydrogen-bond donors (Lipinski definition) is 2. The molecule has 0 bridgehead atoms. The molecule has 7 nitrogen and oxygen atoms in total. The highest BCUT2D eigenvalue weighted by molar-refractivity contribution is 7.90. The Bertz CT molecular complexity index is 986. The number of likely N-dealkylation sites (N-methyl/N-ethyl adjacent to an activating group) is 1. The zero-order valence-electron chi connectivity index (χ0n) is 15.6. The summed E-state index contributed by atoms with van der Waals surface area (Å²) in [5.41, 5.74) is 2.19. The van der Waals surface area contributed by atoms with Crippen molar-refractivity contribution in [2.75, 3.05) is 20.6 Å². The largest absolute Gasteiger partial charge is 0.301 e. The Labute approximate surface area is 161 Å². The Morgan fingerprint density at radius 1 is 1.00 bits per heavy atom. The third kappa shape index (κ3) is 5.60. The molecule has 9 heteroatoms. The van der Waals surface area contributed by atoms with Crippen molar-refractivity contribution in [2.45, 2.75) is 29.2 Å². The number of hydrogen-bond acceptors (Lipinski definition) is 5. The van der Waals surface area contributed by atoms with Crippen molar-refractivity contribution >= 4 is 20.0 Å². The summed E-state index contributed by atoms with van der Waals surface area (Å²) in [6.45, 7) is 2.21. The Morgan fingerprint density at radius 3 is 2.11 bits per heavy atom. The summed E-state index contributed by atoms with van der Waals surface area (Å²) in [6.07, 6.45) is 0.930. The normalized spacial score (nSPS) is 13.7. The van der Waals surface area contributed by atoms with E-state index in [1.54, 1.807) is 0 Å². The summed E-state index contributed by atoms with van der Waals surface area (Å²) >= 11 is 0. The molecule has 2 rings (SSSR count). The highest BCUT2D eigenvalue weighted by Gasteiger charge is 2.21. The minimum absolute atomic E-state index is 0.139. The molecule has 2 aromatic carbocycles. The summed E-state index contributed by atoms with van der Waals surface area (Å²) in [7, 11) is -4.13. The fourth-order valence-corrected chi connectivity index (χ4v) is 4.38. The first-order valence-electron chi connectivity index (χ1n) is 8.42. The van der Waals surface area contributed by atoms with E-state index < -0.39 is 20.0 Å². The van der Waals surface area contributed by atoms with Crippen LogP contribution in [0.25, 0.3) is 0 Å². The second kappa shape index (κ2) is 8.49. The molecule has 27 heavy (non-hydrogen) atoms. The van der Waals surface area contributed by atoms with Crippen LogP contribution in [0.1, 0.15) is 24.1 Å². The van der Waals surface area contributed by atoms with Crippen LogP contribution in [0.15, 0.2) is 58.3 Å². The molecular formula is C18H25N3O4S2. The maximum atomic E-state index is 12.6.